The Morgan fingerprint density at radius 3 is 2.14 bits per heavy atom. The van der Waals surface area contributed by atoms with Gasteiger partial charge < -0.3 is 4.74 Å². The minimum Gasteiger partial charge on any atom is -0.496 e. The van der Waals surface area contributed by atoms with Gasteiger partial charge in [-0.3, -0.25) is 0 Å². The van der Waals surface area contributed by atoms with Gasteiger partial charge in [-0.25, -0.2) is 0 Å². The zero-order valence-electron chi connectivity index (χ0n) is 12.6. The number of benzene rings is 2. The molecule has 0 aliphatic carbocycles. The molecule has 1 atom stereocenters. The fourth-order valence-corrected chi connectivity index (χ4v) is 3.48. The first-order valence-electron chi connectivity index (χ1n) is 7.07. The molecule has 2 aromatic carbocycles. The summed E-state index contributed by atoms with van der Waals surface area (Å²) >= 11 is 7.33. The molecule has 0 aliphatic rings. The summed E-state index contributed by atoms with van der Waals surface area (Å²) in [6.45, 7) is 4.49. The molecule has 0 fully saturated rings. The number of hydrogen-bond donors (Lipinski definition) is 0. The van der Waals surface area contributed by atoms with Gasteiger partial charge in [0, 0.05) is 0 Å². The fraction of sp³-hybridized carbons (Fsp3) is 0.333. The van der Waals surface area contributed by atoms with Crippen LogP contribution in [0.2, 0.25) is 0 Å². The largest absolute Gasteiger partial charge is 0.496 e. The molecule has 0 saturated carbocycles. The van der Waals surface area contributed by atoms with E-state index < -0.39 is 0 Å². The Morgan fingerprint density at radius 1 is 1.00 bits per heavy atom. The van der Waals surface area contributed by atoms with E-state index in [4.69, 9.17) is 4.74 Å². The molecule has 21 heavy (non-hydrogen) atoms. The van der Waals surface area contributed by atoms with Crippen LogP contribution >= 0.6 is 31.9 Å². The van der Waals surface area contributed by atoms with Gasteiger partial charge in [-0.1, -0.05) is 60.1 Å². The second kappa shape index (κ2) is 7.46. The molecule has 2 rings (SSSR count). The Kier molecular flexibility index (Phi) is 5.88. The minimum absolute atomic E-state index is 0.188. The molecule has 0 spiro atoms. The summed E-state index contributed by atoms with van der Waals surface area (Å²) in [6.07, 6.45) is 1.13. The Balaban J connectivity index is 2.19. The highest BCUT2D eigenvalue weighted by Crippen LogP contribution is 2.35. The molecular formula is C18H20Br2O. The van der Waals surface area contributed by atoms with Crippen molar-refractivity contribution in [2.75, 3.05) is 7.11 Å². The van der Waals surface area contributed by atoms with Gasteiger partial charge in [-0.05, 0) is 57.1 Å². The summed E-state index contributed by atoms with van der Waals surface area (Å²) in [5, 5.41) is 0. The molecule has 0 N–H and O–H groups in total. The summed E-state index contributed by atoms with van der Waals surface area (Å²) in [6, 6.07) is 15.0. The first-order valence-corrected chi connectivity index (χ1v) is 8.78. The number of rotatable bonds is 5. The van der Waals surface area contributed by atoms with E-state index in [2.05, 4.69) is 82.1 Å². The van der Waals surface area contributed by atoms with Crippen LogP contribution in [0.4, 0.5) is 0 Å². The SMILES string of the molecule is COc1ccc(C(Br)c2ccc(CC(C)C)cc2)cc1Br. The molecule has 0 amide bonds. The number of hydrogen-bond acceptors (Lipinski definition) is 1. The highest BCUT2D eigenvalue weighted by Gasteiger charge is 2.12. The lowest BCUT2D eigenvalue weighted by Gasteiger charge is -2.14. The van der Waals surface area contributed by atoms with Crippen LogP contribution in [0.1, 0.15) is 35.4 Å². The Morgan fingerprint density at radius 2 is 1.62 bits per heavy atom. The van der Waals surface area contributed by atoms with Crippen LogP contribution in [0, 0.1) is 5.92 Å². The van der Waals surface area contributed by atoms with Crippen LogP contribution in [0.3, 0.4) is 0 Å². The molecule has 0 aromatic heterocycles. The van der Waals surface area contributed by atoms with Crippen molar-refractivity contribution in [3.05, 3.63) is 63.6 Å². The van der Waals surface area contributed by atoms with Crippen molar-refractivity contribution in [2.45, 2.75) is 25.1 Å². The van der Waals surface area contributed by atoms with Crippen LogP contribution in [-0.4, -0.2) is 7.11 Å². The maximum atomic E-state index is 5.28. The van der Waals surface area contributed by atoms with E-state index in [0.29, 0.717) is 5.92 Å². The standard InChI is InChI=1S/C18H20Br2O/c1-12(2)10-13-4-6-14(7-5-13)18(20)15-8-9-17(21-3)16(19)11-15/h4-9,11-12,18H,10H2,1-3H3. The molecule has 112 valence electrons. The van der Waals surface area contributed by atoms with Crippen molar-refractivity contribution in [2.24, 2.45) is 5.92 Å². The molecule has 3 heteroatoms. The number of methoxy groups -OCH3 is 1. The maximum Gasteiger partial charge on any atom is 0.133 e. The molecule has 1 nitrogen and oxygen atoms in total. The molecule has 0 heterocycles. The number of alkyl halides is 1. The highest BCUT2D eigenvalue weighted by molar-refractivity contribution is 9.10. The maximum absolute atomic E-state index is 5.28. The van der Waals surface area contributed by atoms with Crippen LogP contribution in [0.15, 0.2) is 46.9 Å². The third-order valence-corrected chi connectivity index (χ3v) is 5.06. The second-order valence-electron chi connectivity index (χ2n) is 5.60. The lowest BCUT2D eigenvalue weighted by molar-refractivity contribution is 0.412. The van der Waals surface area contributed by atoms with Crippen molar-refractivity contribution in [1.82, 2.24) is 0 Å². The first kappa shape index (κ1) is 16.6. The van der Waals surface area contributed by atoms with E-state index in [1.807, 2.05) is 6.07 Å². The van der Waals surface area contributed by atoms with E-state index in [-0.39, 0.29) is 4.83 Å². The molecule has 0 saturated heterocycles. The normalized spacial score (nSPS) is 12.5. The van der Waals surface area contributed by atoms with Gasteiger partial charge in [0.05, 0.1) is 16.4 Å². The second-order valence-corrected chi connectivity index (χ2v) is 7.37. The lowest BCUT2D eigenvalue weighted by Crippen LogP contribution is -1.97. The van der Waals surface area contributed by atoms with E-state index in [9.17, 15) is 0 Å². The van der Waals surface area contributed by atoms with Gasteiger partial charge in [-0.2, -0.15) is 0 Å². The van der Waals surface area contributed by atoms with Crippen LogP contribution in [0.5, 0.6) is 5.75 Å². The van der Waals surface area contributed by atoms with Gasteiger partial charge in [0.15, 0.2) is 0 Å². The Hall–Kier alpha value is -0.800. The summed E-state index contributed by atoms with van der Waals surface area (Å²) in [5.74, 6) is 1.54. The third-order valence-electron chi connectivity index (χ3n) is 3.38. The minimum atomic E-state index is 0.188. The van der Waals surface area contributed by atoms with Gasteiger partial charge in [0.2, 0.25) is 0 Å². The van der Waals surface area contributed by atoms with E-state index in [1.165, 1.54) is 16.7 Å². The van der Waals surface area contributed by atoms with Gasteiger partial charge >= 0.3 is 0 Å². The predicted molar refractivity (Wildman–Crippen MR) is 96.4 cm³/mol. The van der Waals surface area contributed by atoms with Gasteiger partial charge in [0.1, 0.15) is 5.75 Å². The Bertz CT molecular complexity index is 591. The highest BCUT2D eigenvalue weighted by atomic mass is 79.9. The smallest absolute Gasteiger partial charge is 0.133 e. The van der Waals surface area contributed by atoms with Crippen LogP contribution in [-0.2, 0) is 6.42 Å². The van der Waals surface area contributed by atoms with Gasteiger partial charge in [-0.15, -0.1) is 0 Å². The van der Waals surface area contributed by atoms with Crippen molar-refractivity contribution < 1.29 is 4.74 Å². The van der Waals surface area contributed by atoms with Crippen molar-refractivity contribution in [1.29, 1.82) is 0 Å². The average molecular weight is 412 g/mol. The third kappa shape index (κ3) is 4.33. The molecule has 1 unspecified atom stereocenters. The summed E-state index contributed by atoms with van der Waals surface area (Å²) < 4.78 is 6.25. The molecular weight excluding hydrogens is 392 g/mol. The fourth-order valence-electron chi connectivity index (χ4n) is 2.33. The van der Waals surface area contributed by atoms with E-state index >= 15 is 0 Å². The zero-order valence-corrected chi connectivity index (χ0v) is 15.7. The Labute approximate surface area is 144 Å². The van der Waals surface area contributed by atoms with Crippen LogP contribution in [0.25, 0.3) is 0 Å². The number of halogens is 2. The first-order chi connectivity index (χ1) is 10.0. The molecule has 0 bridgehead atoms. The van der Waals surface area contributed by atoms with Gasteiger partial charge in [0.25, 0.3) is 0 Å². The topological polar surface area (TPSA) is 9.23 Å². The van der Waals surface area contributed by atoms with Crippen molar-refractivity contribution in [3.8, 4) is 5.75 Å². The monoisotopic (exact) mass is 410 g/mol. The summed E-state index contributed by atoms with van der Waals surface area (Å²) in [5.41, 5.74) is 3.86. The summed E-state index contributed by atoms with van der Waals surface area (Å²) in [4.78, 5) is 0.188. The average Bonchev–Trinajstić information content (AvgIpc) is 2.46. The van der Waals surface area contributed by atoms with Crippen LogP contribution < -0.4 is 4.74 Å². The predicted octanol–water partition coefficient (Wildman–Crippen LogP) is 6.14. The van der Waals surface area contributed by atoms with E-state index in [0.717, 1.165) is 16.6 Å². The molecule has 0 aliphatic heterocycles. The molecule has 2 aromatic rings. The lowest BCUT2D eigenvalue weighted by atomic mass is 9.99. The zero-order chi connectivity index (χ0) is 15.4. The van der Waals surface area contributed by atoms with E-state index in [1.54, 1.807) is 7.11 Å². The summed E-state index contributed by atoms with van der Waals surface area (Å²) in [7, 11) is 1.68. The number of ether oxygens (including phenoxy) is 1. The quantitative estimate of drug-likeness (QED) is 0.536. The molecule has 0 radical (unpaired) electrons. The van der Waals surface area contributed by atoms with Crippen molar-refractivity contribution in [3.63, 3.8) is 0 Å². The van der Waals surface area contributed by atoms with Crippen molar-refractivity contribution >= 4 is 31.9 Å².